The van der Waals surface area contributed by atoms with Gasteiger partial charge in [0.15, 0.2) is 0 Å². The van der Waals surface area contributed by atoms with Crippen molar-refractivity contribution in [3.8, 4) is 0 Å². The molecule has 0 bridgehead atoms. The number of nitrogens with one attached hydrogen (secondary N) is 1. The number of allylic oxidation sites excluding steroid dienone is 2. The van der Waals surface area contributed by atoms with Gasteiger partial charge in [-0.3, -0.25) is 0 Å². The second-order valence-electron chi connectivity index (χ2n) is 4.58. The molecule has 0 aromatic rings. The third kappa shape index (κ3) is 5.78. The molecule has 1 rings (SSSR count). The van der Waals surface area contributed by atoms with E-state index < -0.39 is 0 Å². The van der Waals surface area contributed by atoms with Gasteiger partial charge in [0.05, 0.1) is 0 Å². The molecule has 0 spiro atoms. The Kier molecular flexibility index (Phi) is 6.42. The first-order valence-electron chi connectivity index (χ1n) is 6.35. The van der Waals surface area contributed by atoms with Gasteiger partial charge in [0.1, 0.15) is 0 Å². The smallest absolute Gasteiger partial charge is 0.00418 e. The summed E-state index contributed by atoms with van der Waals surface area (Å²) in [6.45, 7) is 7.16. The Morgan fingerprint density at radius 2 is 2.40 bits per heavy atom. The van der Waals surface area contributed by atoms with E-state index in [4.69, 9.17) is 0 Å². The van der Waals surface area contributed by atoms with E-state index in [9.17, 15) is 0 Å². The lowest BCUT2D eigenvalue weighted by atomic mass is 9.97. The third-order valence-corrected chi connectivity index (χ3v) is 3.13. The van der Waals surface area contributed by atoms with E-state index in [0.29, 0.717) is 6.04 Å². The summed E-state index contributed by atoms with van der Waals surface area (Å²) in [6, 6.07) is 0.632. The molecule has 0 aromatic carbocycles. The molecule has 1 aliphatic rings. The average Bonchev–Trinajstić information content (AvgIpc) is 2.28. The highest BCUT2D eigenvalue weighted by atomic mass is 14.9. The summed E-state index contributed by atoms with van der Waals surface area (Å²) in [5, 5.41) is 3.58. The molecule has 0 aromatic heterocycles. The van der Waals surface area contributed by atoms with E-state index >= 15 is 0 Å². The lowest BCUT2D eigenvalue weighted by molar-refractivity contribution is 0.515. The van der Waals surface area contributed by atoms with Crippen LogP contribution in [0.1, 0.15) is 51.9 Å². The van der Waals surface area contributed by atoms with Gasteiger partial charge in [-0.15, -0.1) is 6.58 Å². The van der Waals surface area contributed by atoms with Crippen molar-refractivity contribution in [3.05, 3.63) is 24.3 Å². The molecule has 1 unspecified atom stereocenters. The first kappa shape index (κ1) is 12.5. The Hall–Kier alpha value is -0.560. The van der Waals surface area contributed by atoms with Crippen molar-refractivity contribution in [2.45, 2.75) is 57.9 Å². The summed E-state index contributed by atoms with van der Waals surface area (Å²) in [5.74, 6) is 0. The minimum absolute atomic E-state index is 0.632. The summed E-state index contributed by atoms with van der Waals surface area (Å²) in [6.07, 6.45) is 13.5. The fourth-order valence-corrected chi connectivity index (χ4v) is 2.08. The number of hydrogen-bond acceptors (Lipinski definition) is 1. The number of rotatable bonds is 7. The standard InChI is InChI=1S/C14H25N/c1-3-4-8-13(2)15-12-11-14-9-6-5-7-10-14/h3,9,13,15H,1,4-8,10-12H2,2H3. The second-order valence-corrected chi connectivity index (χ2v) is 4.58. The minimum atomic E-state index is 0.632. The summed E-state index contributed by atoms with van der Waals surface area (Å²) in [7, 11) is 0. The molecule has 0 saturated heterocycles. The van der Waals surface area contributed by atoms with E-state index in [-0.39, 0.29) is 0 Å². The summed E-state index contributed by atoms with van der Waals surface area (Å²) < 4.78 is 0. The van der Waals surface area contributed by atoms with Crippen LogP contribution in [0.4, 0.5) is 0 Å². The minimum Gasteiger partial charge on any atom is -0.314 e. The van der Waals surface area contributed by atoms with Gasteiger partial charge in [-0.1, -0.05) is 17.7 Å². The van der Waals surface area contributed by atoms with E-state index in [1.165, 1.54) is 38.5 Å². The lowest BCUT2D eigenvalue weighted by Gasteiger charge is -2.16. The SMILES string of the molecule is C=CCCC(C)NCCC1=CCCCC1. The van der Waals surface area contributed by atoms with Gasteiger partial charge >= 0.3 is 0 Å². The second kappa shape index (κ2) is 7.70. The zero-order chi connectivity index (χ0) is 10.9. The van der Waals surface area contributed by atoms with E-state index in [1.807, 2.05) is 6.08 Å². The van der Waals surface area contributed by atoms with Gasteiger partial charge in [-0.2, -0.15) is 0 Å². The Morgan fingerprint density at radius 1 is 1.53 bits per heavy atom. The summed E-state index contributed by atoms with van der Waals surface area (Å²) >= 11 is 0. The molecule has 0 saturated carbocycles. The highest BCUT2D eigenvalue weighted by molar-refractivity contribution is 5.05. The maximum atomic E-state index is 3.75. The van der Waals surface area contributed by atoms with Crippen molar-refractivity contribution in [1.29, 1.82) is 0 Å². The summed E-state index contributed by atoms with van der Waals surface area (Å²) in [5.41, 5.74) is 1.67. The normalized spacial score (nSPS) is 18.3. The molecule has 0 heterocycles. The third-order valence-electron chi connectivity index (χ3n) is 3.13. The molecule has 15 heavy (non-hydrogen) atoms. The molecule has 0 fully saturated rings. The Morgan fingerprint density at radius 3 is 3.07 bits per heavy atom. The van der Waals surface area contributed by atoms with Crippen LogP contribution >= 0.6 is 0 Å². The maximum Gasteiger partial charge on any atom is 0.00418 e. The van der Waals surface area contributed by atoms with Gasteiger partial charge in [0.2, 0.25) is 0 Å². The molecule has 0 amide bonds. The molecule has 86 valence electrons. The molecule has 1 aliphatic carbocycles. The lowest BCUT2D eigenvalue weighted by Crippen LogP contribution is -2.27. The Bertz CT molecular complexity index is 205. The first-order valence-corrected chi connectivity index (χ1v) is 6.35. The fraction of sp³-hybridized carbons (Fsp3) is 0.714. The maximum absolute atomic E-state index is 3.75. The molecule has 0 aliphatic heterocycles. The van der Waals surface area contributed by atoms with Crippen molar-refractivity contribution in [2.24, 2.45) is 0 Å². The quantitative estimate of drug-likeness (QED) is 0.626. The topological polar surface area (TPSA) is 12.0 Å². The van der Waals surface area contributed by atoms with Gasteiger partial charge in [0.25, 0.3) is 0 Å². The number of hydrogen-bond donors (Lipinski definition) is 1. The molecule has 1 heteroatoms. The highest BCUT2D eigenvalue weighted by Gasteiger charge is 2.04. The van der Waals surface area contributed by atoms with Crippen LogP contribution < -0.4 is 5.32 Å². The predicted molar refractivity (Wildman–Crippen MR) is 68.1 cm³/mol. The zero-order valence-electron chi connectivity index (χ0n) is 10.1. The van der Waals surface area contributed by atoms with Crippen molar-refractivity contribution >= 4 is 0 Å². The zero-order valence-corrected chi connectivity index (χ0v) is 10.1. The van der Waals surface area contributed by atoms with E-state index in [2.05, 4.69) is 24.9 Å². The van der Waals surface area contributed by atoms with Gasteiger partial charge in [-0.05, 0) is 58.4 Å². The monoisotopic (exact) mass is 207 g/mol. The molecular formula is C14H25N. The first-order chi connectivity index (χ1) is 7.33. The van der Waals surface area contributed by atoms with E-state index in [0.717, 1.165) is 13.0 Å². The van der Waals surface area contributed by atoms with Crippen LogP contribution in [0.2, 0.25) is 0 Å². The molecule has 1 nitrogen and oxygen atoms in total. The van der Waals surface area contributed by atoms with Crippen LogP contribution in [0.15, 0.2) is 24.3 Å². The largest absolute Gasteiger partial charge is 0.314 e. The molecule has 1 atom stereocenters. The molecular weight excluding hydrogens is 182 g/mol. The van der Waals surface area contributed by atoms with Crippen LogP contribution in [0.5, 0.6) is 0 Å². The predicted octanol–water partition coefficient (Wildman–Crippen LogP) is 3.82. The van der Waals surface area contributed by atoms with Gasteiger partial charge in [-0.25, -0.2) is 0 Å². The van der Waals surface area contributed by atoms with Crippen molar-refractivity contribution in [3.63, 3.8) is 0 Å². The van der Waals surface area contributed by atoms with Crippen LogP contribution in [0.3, 0.4) is 0 Å². The average molecular weight is 207 g/mol. The molecule has 0 radical (unpaired) electrons. The summed E-state index contributed by atoms with van der Waals surface area (Å²) in [4.78, 5) is 0. The van der Waals surface area contributed by atoms with Crippen molar-refractivity contribution < 1.29 is 0 Å². The van der Waals surface area contributed by atoms with Crippen molar-refractivity contribution in [2.75, 3.05) is 6.54 Å². The van der Waals surface area contributed by atoms with Crippen LogP contribution in [0.25, 0.3) is 0 Å². The van der Waals surface area contributed by atoms with Crippen LogP contribution in [0, 0.1) is 0 Å². The van der Waals surface area contributed by atoms with Crippen LogP contribution in [-0.4, -0.2) is 12.6 Å². The molecule has 1 N–H and O–H groups in total. The van der Waals surface area contributed by atoms with Crippen LogP contribution in [-0.2, 0) is 0 Å². The van der Waals surface area contributed by atoms with Gasteiger partial charge < -0.3 is 5.32 Å². The van der Waals surface area contributed by atoms with Gasteiger partial charge in [0, 0.05) is 6.04 Å². The highest BCUT2D eigenvalue weighted by Crippen LogP contribution is 2.19. The van der Waals surface area contributed by atoms with Crippen molar-refractivity contribution in [1.82, 2.24) is 5.32 Å². The Balaban J connectivity index is 2.04. The Labute approximate surface area is 94.6 Å². The fourth-order valence-electron chi connectivity index (χ4n) is 2.08. The van der Waals surface area contributed by atoms with E-state index in [1.54, 1.807) is 5.57 Å².